The van der Waals surface area contributed by atoms with E-state index in [1.165, 1.54) is 17.8 Å². The van der Waals surface area contributed by atoms with Gasteiger partial charge in [-0.1, -0.05) is 0 Å². The number of carboxylic acids is 1. The van der Waals surface area contributed by atoms with Crippen LogP contribution in [0.3, 0.4) is 0 Å². The van der Waals surface area contributed by atoms with Gasteiger partial charge in [0.2, 0.25) is 0 Å². The fraction of sp³-hybridized carbons (Fsp3) is 0.231. The lowest BCUT2D eigenvalue weighted by Gasteiger charge is -2.14. The summed E-state index contributed by atoms with van der Waals surface area (Å²) < 4.78 is 10.7. The van der Waals surface area contributed by atoms with Crippen molar-refractivity contribution in [1.29, 1.82) is 0 Å². The molecule has 0 bridgehead atoms. The summed E-state index contributed by atoms with van der Waals surface area (Å²) in [5.41, 5.74) is 1.25. The van der Waals surface area contributed by atoms with Gasteiger partial charge in [-0.3, -0.25) is 5.10 Å². The van der Waals surface area contributed by atoms with Crippen molar-refractivity contribution < 1.29 is 19.4 Å². The van der Waals surface area contributed by atoms with Gasteiger partial charge in [-0.15, -0.1) is 11.8 Å². The maximum atomic E-state index is 10.9. The highest BCUT2D eigenvalue weighted by Gasteiger charge is 2.18. The Morgan fingerprint density at radius 3 is 2.60 bits per heavy atom. The van der Waals surface area contributed by atoms with Gasteiger partial charge in [0.1, 0.15) is 17.2 Å². The predicted molar refractivity (Wildman–Crippen MR) is 75.9 cm³/mol. The SMILES string of the molecule is COc1ccc(-c2cc(C(=O)O)[nH]n2)c(OC)c1SC. The second-order valence-electron chi connectivity index (χ2n) is 3.85. The van der Waals surface area contributed by atoms with Crippen LogP contribution >= 0.6 is 11.8 Å². The number of hydrogen-bond donors (Lipinski definition) is 2. The molecule has 20 heavy (non-hydrogen) atoms. The number of hydrogen-bond acceptors (Lipinski definition) is 5. The molecule has 0 unspecified atom stereocenters. The van der Waals surface area contributed by atoms with E-state index in [4.69, 9.17) is 14.6 Å². The summed E-state index contributed by atoms with van der Waals surface area (Å²) in [6.07, 6.45) is 1.91. The van der Waals surface area contributed by atoms with E-state index in [0.29, 0.717) is 22.8 Å². The minimum absolute atomic E-state index is 0.0311. The molecule has 0 amide bonds. The molecular weight excluding hydrogens is 280 g/mol. The van der Waals surface area contributed by atoms with Crippen LogP contribution < -0.4 is 9.47 Å². The van der Waals surface area contributed by atoms with Gasteiger partial charge >= 0.3 is 5.97 Å². The number of nitrogens with zero attached hydrogens (tertiary/aromatic N) is 1. The second-order valence-corrected chi connectivity index (χ2v) is 4.67. The zero-order chi connectivity index (χ0) is 14.7. The summed E-state index contributed by atoms with van der Waals surface area (Å²) in [7, 11) is 3.15. The van der Waals surface area contributed by atoms with Crippen LogP contribution in [0.15, 0.2) is 23.1 Å². The normalized spacial score (nSPS) is 10.3. The molecule has 0 aliphatic carbocycles. The number of nitrogens with one attached hydrogen (secondary N) is 1. The van der Waals surface area contributed by atoms with E-state index in [2.05, 4.69) is 10.2 Å². The highest BCUT2D eigenvalue weighted by atomic mass is 32.2. The van der Waals surface area contributed by atoms with Crippen LogP contribution in [0.25, 0.3) is 11.3 Å². The van der Waals surface area contributed by atoms with Gasteiger partial charge in [-0.25, -0.2) is 4.79 Å². The van der Waals surface area contributed by atoms with Crippen molar-refractivity contribution in [1.82, 2.24) is 10.2 Å². The molecule has 0 radical (unpaired) electrons. The number of aromatic amines is 1. The van der Waals surface area contributed by atoms with Gasteiger partial charge in [0.05, 0.1) is 24.8 Å². The van der Waals surface area contributed by atoms with Crippen LogP contribution in [0, 0.1) is 0 Å². The molecule has 2 rings (SSSR count). The lowest BCUT2D eigenvalue weighted by atomic mass is 10.1. The first kappa shape index (κ1) is 14.3. The number of carboxylic acid groups (broad SMARTS) is 1. The van der Waals surface area contributed by atoms with Crippen molar-refractivity contribution >= 4 is 17.7 Å². The quantitative estimate of drug-likeness (QED) is 0.824. The van der Waals surface area contributed by atoms with Crippen LogP contribution in [0.4, 0.5) is 0 Å². The zero-order valence-corrected chi connectivity index (χ0v) is 12.1. The van der Waals surface area contributed by atoms with Crippen LogP contribution in [-0.4, -0.2) is 41.7 Å². The van der Waals surface area contributed by atoms with E-state index in [-0.39, 0.29) is 5.69 Å². The van der Waals surface area contributed by atoms with E-state index in [1.807, 2.05) is 6.26 Å². The smallest absolute Gasteiger partial charge is 0.353 e. The fourth-order valence-electron chi connectivity index (χ4n) is 1.87. The number of H-pyrrole nitrogens is 1. The number of ether oxygens (including phenoxy) is 2. The monoisotopic (exact) mass is 294 g/mol. The molecule has 1 heterocycles. The van der Waals surface area contributed by atoms with Crippen LogP contribution in [0.5, 0.6) is 11.5 Å². The second kappa shape index (κ2) is 5.87. The summed E-state index contributed by atoms with van der Waals surface area (Å²) in [6.45, 7) is 0. The third kappa shape index (κ3) is 2.44. The molecule has 7 heteroatoms. The van der Waals surface area contributed by atoms with Crippen molar-refractivity contribution in [3.63, 3.8) is 0 Å². The number of thioether (sulfide) groups is 1. The van der Waals surface area contributed by atoms with E-state index in [1.54, 1.807) is 26.4 Å². The predicted octanol–water partition coefficient (Wildman–Crippen LogP) is 2.51. The Bertz CT molecular complexity index is 639. The summed E-state index contributed by atoms with van der Waals surface area (Å²) in [4.78, 5) is 11.7. The Morgan fingerprint density at radius 2 is 2.10 bits per heavy atom. The van der Waals surface area contributed by atoms with Crippen molar-refractivity contribution in [3.8, 4) is 22.8 Å². The van der Waals surface area contributed by atoms with Gasteiger partial charge in [0.15, 0.2) is 0 Å². The Kier molecular flexibility index (Phi) is 4.19. The molecule has 0 aliphatic rings. The molecule has 1 aromatic heterocycles. The molecule has 6 nitrogen and oxygen atoms in total. The fourth-order valence-corrected chi connectivity index (χ4v) is 2.60. The number of benzene rings is 1. The summed E-state index contributed by atoms with van der Waals surface area (Å²) in [5, 5.41) is 15.4. The first-order valence-electron chi connectivity index (χ1n) is 5.70. The minimum Gasteiger partial charge on any atom is -0.495 e. The molecule has 106 valence electrons. The lowest BCUT2D eigenvalue weighted by Crippen LogP contribution is -1.95. The van der Waals surface area contributed by atoms with Crippen molar-refractivity contribution in [2.45, 2.75) is 4.90 Å². The number of aromatic nitrogens is 2. The highest BCUT2D eigenvalue weighted by molar-refractivity contribution is 7.98. The Labute approximate surface area is 120 Å². The van der Waals surface area contributed by atoms with Crippen molar-refractivity contribution in [3.05, 3.63) is 23.9 Å². The summed E-state index contributed by atoms with van der Waals surface area (Å²) in [6, 6.07) is 5.06. The van der Waals surface area contributed by atoms with E-state index in [9.17, 15) is 4.79 Å². The van der Waals surface area contributed by atoms with Crippen LogP contribution in [-0.2, 0) is 0 Å². The molecule has 1 aromatic carbocycles. The number of aromatic carboxylic acids is 1. The molecular formula is C13H14N2O4S. The average molecular weight is 294 g/mol. The zero-order valence-electron chi connectivity index (χ0n) is 11.3. The average Bonchev–Trinajstić information content (AvgIpc) is 2.95. The largest absolute Gasteiger partial charge is 0.495 e. The molecule has 0 aliphatic heterocycles. The first-order valence-corrected chi connectivity index (χ1v) is 6.92. The summed E-state index contributed by atoms with van der Waals surface area (Å²) in [5.74, 6) is 0.258. The molecule has 2 aromatic rings. The topological polar surface area (TPSA) is 84.4 Å². The van der Waals surface area contributed by atoms with E-state index in [0.717, 1.165) is 4.90 Å². The Balaban J connectivity index is 2.58. The summed E-state index contributed by atoms with van der Waals surface area (Å²) >= 11 is 1.49. The molecule has 0 fully saturated rings. The maximum Gasteiger partial charge on any atom is 0.353 e. The number of methoxy groups -OCH3 is 2. The van der Waals surface area contributed by atoms with Crippen molar-refractivity contribution in [2.24, 2.45) is 0 Å². The third-order valence-corrected chi connectivity index (χ3v) is 3.58. The van der Waals surface area contributed by atoms with Gasteiger partial charge in [-0.2, -0.15) is 5.10 Å². The van der Waals surface area contributed by atoms with Crippen LogP contribution in [0.2, 0.25) is 0 Å². The number of rotatable bonds is 5. The van der Waals surface area contributed by atoms with Gasteiger partial charge in [0, 0.05) is 5.56 Å². The minimum atomic E-state index is -1.05. The maximum absolute atomic E-state index is 10.9. The molecule has 0 saturated heterocycles. The van der Waals surface area contributed by atoms with Gasteiger partial charge < -0.3 is 14.6 Å². The Hall–Kier alpha value is -2.15. The van der Waals surface area contributed by atoms with E-state index < -0.39 is 5.97 Å². The van der Waals surface area contributed by atoms with Crippen LogP contribution in [0.1, 0.15) is 10.5 Å². The van der Waals surface area contributed by atoms with Crippen molar-refractivity contribution in [2.75, 3.05) is 20.5 Å². The first-order chi connectivity index (χ1) is 9.62. The van der Waals surface area contributed by atoms with Gasteiger partial charge in [0.25, 0.3) is 0 Å². The Morgan fingerprint density at radius 1 is 1.35 bits per heavy atom. The molecule has 0 atom stereocenters. The highest BCUT2D eigenvalue weighted by Crippen LogP contribution is 2.42. The van der Waals surface area contributed by atoms with Gasteiger partial charge in [-0.05, 0) is 24.5 Å². The lowest BCUT2D eigenvalue weighted by molar-refractivity contribution is 0.0690. The molecule has 0 spiro atoms. The third-order valence-electron chi connectivity index (χ3n) is 2.79. The standard InChI is InChI=1S/C13H14N2O4S/c1-18-10-5-4-7(11(19-2)12(10)20-3)8-6-9(13(16)17)15-14-8/h4-6H,1-3H3,(H,14,15)(H,16,17). The number of carbonyl (C=O) groups is 1. The molecule has 0 saturated carbocycles. The van der Waals surface area contributed by atoms with E-state index >= 15 is 0 Å². The molecule has 2 N–H and O–H groups in total.